The molecule has 2 saturated carbocycles. The molecule has 2 aromatic carbocycles. The minimum atomic E-state index is -0.249. The lowest BCUT2D eigenvalue weighted by molar-refractivity contribution is -0.00176. The van der Waals surface area contributed by atoms with Gasteiger partial charge < -0.3 is 14.2 Å². The summed E-state index contributed by atoms with van der Waals surface area (Å²) in [6, 6.07) is 10.2. The second-order valence-electron chi connectivity index (χ2n) is 10.1. The zero-order valence-electron chi connectivity index (χ0n) is 18.8. The molecule has 3 heterocycles. The normalized spacial score (nSPS) is 27.2. The van der Waals surface area contributed by atoms with Crippen molar-refractivity contribution in [3.05, 3.63) is 65.2 Å². The molecular formula is C28H30F2O3. The highest BCUT2D eigenvalue weighted by Crippen LogP contribution is 2.58. The zero-order valence-corrected chi connectivity index (χ0v) is 18.8. The molecule has 5 aliphatic rings. The first-order valence-corrected chi connectivity index (χ1v) is 12.4. The van der Waals surface area contributed by atoms with Crippen LogP contribution in [0.15, 0.2) is 42.5 Å². The van der Waals surface area contributed by atoms with E-state index in [9.17, 15) is 8.78 Å². The Hall–Kier alpha value is -2.40. The maximum absolute atomic E-state index is 13.8. The van der Waals surface area contributed by atoms with Crippen LogP contribution in [0, 0.1) is 11.6 Å². The van der Waals surface area contributed by atoms with Gasteiger partial charge in [-0.1, -0.05) is 43.2 Å². The van der Waals surface area contributed by atoms with E-state index < -0.39 is 0 Å². The van der Waals surface area contributed by atoms with Crippen LogP contribution in [-0.4, -0.2) is 17.3 Å². The van der Waals surface area contributed by atoms with Gasteiger partial charge >= 0.3 is 0 Å². The lowest BCUT2D eigenvalue weighted by atomic mass is 9.79. The van der Waals surface area contributed by atoms with Crippen LogP contribution in [0.4, 0.5) is 8.78 Å². The zero-order chi connectivity index (χ0) is 22.5. The molecule has 5 heteroatoms. The SMILES string of the molecule is Fc1cccc2c1OC1(C=C2)CCCCC1.Fc1cccc2c1OC1(CCCCC1)C1OC21. The molecule has 2 atom stereocenters. The van der Waals surface area contributed by atoms with E-state index in [0.717, 1.165) is 49.7 Å². The lowest BCUT2D eigenvalue weighted by Crippen LogP contribution is -2.46. The topological polar surface area (TPSA) is 31.0 Å². The van der Waals surface area contributed by atoms with E-state index >= 15 is 0 Å². The van der Waals surface area contributed by atoms with Crippen molar-refractivity contribution >= 4 is 6.08 Å². The number of fused-ring (bicyclic) bond motifs is 5. The van der Waals surface area contributed by atoms with Crippen molar-refractivity contribution in [1.29, 1.82) is 0 Å². The lowest BCUT2D eigenvalue weighted by Gasteiger charge is -2.39. The van der Waals surface area contributed by atoms with Gasteiger partial charge in [0.2, 0.25) is 0 Å². The molecule has 33 heavy (non-hydrogen) atoms. The van der Waals surface area contributed by atoms with Crippen molar-refractivity contribution in [2.75, 3.05) is 0 Å². The standard InChI is InChI=1S/C14H15FO2.C14H15FO/c15-10-6-4-5-9-11(10)17-14(13-12(9)16-13)7-2-1-3-8-14;15-12-6-4-5-11-7-10-14(16-13(11)12)8-2-1-3-9-14/h4-6,12-13H,1-3,7-8H2;4-7,10H,1-3,8-9H2. The third kappa shape index (κ3) is 3.74. The molecule has 2 aliphatic carbocycles. The highest BCUT2D eigenvalue weighted by Gasteiger charge is 2.61. The predicted molar refractivity (Wildman–Crippen MR) is 122 cm³/mol. The molecule has 7 rings (SSSR count). The fraction of sp³-hybridized carbons (Fsp3) is 0.500. The molecule has 3 fully saturated rings. The van der Waals surface area contributed by atoms with Crippen LogP contribution >= 0.6 is 0 Å². The molecule has 3 nitrogen and oxygen atoms in total. The monoisotopic (exact) mass is 452 g/mol. The summed E-state index contributed by atoms with van der Waals surface area (Å²) in [7, 11) is 0. The first-order valence-electron chi connectivity index (χ1n) is 12.4. The summed E-state index contributed by atoms with van der Waals surface area (Å²) < 4.78 is 45.2. The summed E-state index contributed by atoms with van der Waals surface area (Å²) in [5, 5.41) is 0. The van der Waals surface area contributed by atoms with E-state index in [0.29, 0.717) is 11.5 Å². The minimum Gasteiger partial charge on any atom is -0.481 e. The first-order chi connectivity index (χ1) is 16.1. The molecule has 0 radical (unpaired) electrons. The van der Waals surface area contributed by atoms with Gasteiger partial charge in [-0.15, -0.1) is 0 Å². The molecule has 2 aromatic rings. The van der Waals surface area contributed by atoms with E-state index in [1.54, 1.807) is 12.1 Å². The fourth-order valence-corrected chi connectivity index (χ4v) is 6.07. The number of hydrogen-bond donors (Lipinski definition) is 0. The Morgan fingerprint density at radius 3 is 2.15 bits per heavy atom. The number of epoxide rings is 1. The number of benzene rings is 2. The average Bonchev–Trinajstić information content (AvgIpc) is 3.65. The molecule has 0 aromatic heterocycles. The first kappa shape index (κ1) is 21.2. The second kappa shape index (κ2) is 8.12. The predicted octanol–water partition coefficient (Wildman–Crippen LogP) is 7.30. The Morgan fingerprint density at radius 1 is 0.727 bits per heavy atom. The largest absolute Gasteiger partial charge is 0.481 e. The van der Waals surface area contributed by atoms with Crippen molar-refractivity contribution in [3.8, 4) is 11.5 Å². The maximum atomic E-state index is 13.8. The summed E-state index contributed by atoms with van der Waals surface area (Å²) in [5.74, 6) is 0.383. The van der Waals surface area contributed by atoms with E-state index in [1.807, 2.05) is 18.2 Å². The fourth-order valence-electron chi connectivity index (χ4n) is 6.07. The Kier molecular flexibility index (Phi) is 5.21. The summed E-state index contributed by atoms with van der Waals surface area (Å²) in [6.45, 7) is 0. The molecule has 3 aliphatic heterocycles. The molecule has 0 N–H and O–H groups in total. The third-order valence-corrected chi connectivity index (χ3v) is 7.89. The van der Waals surface area contributed by atoms with Gasteiger partial charge in [-0.2, -0.15) is 0 Å². The highest BCUT2D eigenvalue weighted by molar-refractivity contribution is 5.61. The minimum absolute atomic E-state index is 0.0764. The van der Waals surface area contributed by atoms with Gasteiger partial charge in [0, 0.05) is 11.1 Å². The number of hydrogen-bond acceptors (Lipinski definition) is 3. The Balaban J connectivity index is 0.000000125. The van der Waals surface area contributed by atoms with Gasteiger partial charge in [0.1, 0.15) is 23.4 Å². The summed E-state index contributed by atoms with van der Waals surface area (Å²) in [4.78, 5) is 0. The Labute approximate surface area is 193 Å². The maximum Gasteiger partial charge on any atom is 0.165 e. The number of rotatable bonds is 0. The van der Waals surface area contributed by atoms with Gasteiger partial charge in [-0.05, 0) is 69.6 Å². The summed E-state index contributed by atoms with van der Waals surface area (Å²) >= 11 is 0. The van der Waals surface area contributed by atoms with Crippen LogP contribution in [0.25, 0.3) is 6.08 Å². The molecular weight excluding hydrogens is 422 g/mol. The second-order valence-corrected chi connectivity index (χ2v) is 10.1. The van der Waals surface area contributed by atoms with Gasteiger partial charge in [0.25, 0.3) is 0 Å². The van der Waals surface area contributed by atoms with Gasteiger partial charge in [0.05, 0.1) is 0 Å². The van der Waals surface area contributed by atoms with Crippen molar-refractivity contribution in [3.63, 3.8) is 0 Å². The van der Waals surface area contributed by atoms with Crippen LogP contribution in [0.5, 0.6) is 11.5 Å². The van der Waals surface area contributed by atoms with Crippen LogP contribution in [0.2, 0.25) is 0 Å². The number of para-hydroxylation sites is 2. The molecule has 2 spiro atoms. The van der Waals surface area contributed by atoms with Crippen molar-refractivity contribution in [1.82, 2.24) is 0 Å². The number of halogens is 2. The van der Waals surface area contributed by atoms with Crippen LogP contribution in [0.3, 0.4) is 0 Å². The van der Waals surface area contributed by atoms with Crippen molar-refractivity contribution < 1.29 is 23.0 Å². The molecule has 0 bridgehead atoms. The molecule has 1 saturated heterocycles. The van der Waals surface area contributed by atoms with Crippen molar-refractivity contribution in [2.24, 2.45) is 0 Å². The van der Waals surface area contributed by atoms with E-state index in [1.165, 1.54) is 37.8 Å². The van der Waals surface area contributed by atoms with E-state index in [-0.39, 0.29) is 35.0 Å². The average molecular weight is 453 g/mol. The van der Waals surface area contributed by atoms with E-state index in [4.69, 9.17) is 14.2 Å². The Bertz CT molecular complexity index is 1070. The van der Waals surface area contributed by atoms with Gasteiger partial charge in [0.15, 0.2) is 23.1 Å². The molecule has 0 amide bonds. The number of ether oxygens (including phenoxy) is 3. The van der Waals surface area contributed by atoms with Crippen LogP contribution in [0.1, 0.15) is 81.4 Å². The smallest absolute Gasteiger partial charge is 0.165 e. The summed E-state index contributed by atoms with van der Waals surface area (Å²) in [6.07, 6.45) is 15.6. The van der Waals surface area contributed by atoms with Gasteiger partial charge in [-0.25, -0.2) is 8.78 Å². The van der Waals surface area contributed by atoms with E-state index in [2.05, 4.69) is 6.08 Å². The Morgan fingerprint density at radius 2 is 1.39 bits per heavy atom. The van der Waals surface area contributed by atoms with Gasteiger partial charge in [-0.3, -0.25) is 0 Å². The highest BCUT2D eigenvalue weighted by atomic mass is 19.1. The third-order valence-electron chi connectivity index (χ3n) is 7.89. The van der Waals surface area contributed by atoms with Crippen LogP contribution in [-0.2, 0) is 4.74 Å². The van der Waals surface area contributed by atoms with Crippen LogP contribution < -0.4 is 9.47 Å². The molecule has 2 unspecified atom stereocenters. The quantitative estimate of drug-likeness (QED) is 0.393. The summed E-state index contributed by atoms with van der Waals surface area (Å²) in [5.41, 5.74) is 1.29. The molecule has 174 valence electrons. The van der Waals surface area contributed by atoms with Crippen molar-refractivity contribution in [2.45, 2.75) is 87.6 Å².